The van der Waals surface area contributed by atoms with Crippen molar-refractivity contribution < 1.29 is 5.11 Å². The Morgan fingerprint density at radius 2 is 1.14 bits per heavy atom. The Bertz CT molecular complexity index is 198. The highest BCUT2D eigenvalue weighted by Crippen LogP contribution is 2.11. The quantitative estimate of drug-likeness (QED) is 0.261. The van der Waals surface area contributed by atoms with E-state index in [1.165, 1.54) is 70.6 Å². The summed E-state index contributed by atoms with van der Waals surface area (Å²) in [5.41, 5.74) is 0. The Labute approximate surface area is 141 Å². The van der Waals surface area contributed by atoms with E-state index in [0.717, 1.165) is 19.3 Å². The molecule has 0 saturated heterocycles. The first kappa shape index (κ1) is 24.0. The molecule has 0 fully saturated rings. The maximum absolute atomic E-state index is 9.64. The maximum atomic E-state index is 9.64. The van der Waals surface area contributed by atoms with Gasteiger partial charge in [-0.1, -0.05) is 110 Å². The van der Waals surface area contributed by atoms with Gasteiger partial charge < -0.3 is 5.11 Å². The fourth-order valence-electron chi connectivity index (χ4n) is 2.34. The van der Waals surface area contributed by atoms with Gasteiger partial charge in [0.25, 0.3) is 0 Å². The van der Waals surface area contributed by atoms with Gasteiger partial charge in [-0.25, -0.2) is 0 Å². The minimum Gasteiger partial charge on any atom is -0.389 e. The van der Waals surface area contributed by atoms with Gasteiger partial charge in [-0.15, -0.1) is 0 Å². The van der Waals surface area contributed by atoms with E-state index in [-0.39, 0.29) is 6.10 Å². The second-order valence-electron chi connectivity index (χ2n) is 6.46. The first-order valence-corrected chi connectivity index (χ1v) is 10.1. The summed E-state index contributed by atoms with van der Waals surface area (Å²) in [4.78, 5) is 0. The summed E-state index contributed by atoms with van der Waals surface area (Å²) in [5.74, 6) is 0. The molecule has 0 aliphatic carbocycles. The van der Waals surface area contributed by atoms with Crippen molar-refractivity contribution in [2.45, 2.75) is 124 Å². The summed E-state index contributed by atoms with van der Waals surface area (Å²) in [6, 6.07) is 0. The van der Waals surface area contributed by atoms with Crippen molar-refractivity contribution in [1.29, 1.82) is 0 Å². The van der Waals surface area contributed by atoms with Gasteiger partial charge in [-0.2, -0.15) is 0 Å². The SMILES string of the molecule is CCC.CCCCCCCCCCCC=CC(O)CCCC. The first-order chi connectivity index (χ1) is 10.7. The Hall–Kier alpha value is -0.300. The minimum absolute atomic E-state index is 0.210. The largest absolute Gasteiger partial charge is 0.389 e. The van der Waals surface area contributed by atoms with E-state index in [4.69, 9.17) is 0 Å². The molecule has 1 N–H and O–H groups in total. The van der Waals surface area contributed by atoms with E-state index in [2.05, 4.69) is 33.8 Å². The molecule has 1 nitrogen and oxygen atoms in total. The highest BCUT2D eigenvalue weighted by Gasteiger charge is 1.96. The fraction of sp³-hybridized carbons (Fsp3) is 0.905. The molecular weight excluding hydrogens is 268 g/mol. The van der Waals surface area contributed by atoms with Gasteiger partial charge in [-0.3, -0.25) is 0 Å². The highest BCUT2D eigenvalue weighted by molar-refractivity contribution is 4.88. The van der Waals surface area contributed by atoms with Crippen LogP contribution in [0.15, 0.2) is 12.2 Å². The molecule has 0 aromatic heterocycles. The average Bonchev–Trinajstić information content (AvgIpc) is 2.51. The third-order valence-electron chi connectivity index (χ3n) is 3.69. The Morgan fingerprint density at radius 1 is 0.682 bits per heavy atom. The molecule has 0 aliphatic heterocycles. The zero-order chi connectivity index (χ0) is 16.9. The van der Waals surface area contributed by atoms with Crippen LogP contribution in [0.5, 0.6) is 0 Å². The molecule has 1 heteroatoms. The predicted octanol–water partition coefficient (Wildman–Crippen LogP) is 7.43. The van der Waals surface area contributed by atoms with Gasteiger partial charge in [0.1, 0.15) is 0 Å². The average molecular weight is 313 g/mol. The molecule has 134 valence electrons. The molecule has 22 heavy (non-hydrogen) atoms. The predicted molar refractivity (Wildman–Crippen MR) is 102 cm³/mol. The van der Waals surface area contributed by atoms with Crippen LogP contribution >= 0.6 is 0 Å². The molecule has 0 spiro atoms. The van der Waals surface area contributed by atoms with Gasteiger partial charge in [0.15, 0.2) is 0 Å². The molecule has 0 bridgehead atoms. The van der Waals surface area contributed by atoms with Crippen LogP contribution in [-0.4, -0.2) is 11.2 Å². The van der Waals surface area contributed by atoms with E-state index >= 15 is 0 Å². The molecule has 0 heterocycles. The van der Waals surface area contributed by atoms with E-state index in [9.17, 15) is 5.11 Å². The van der Waals surface area contributed by atoms with Crippen molar-refractivity contribution >= 4 is 0 Å². The lowest BCUT2D eigenvalue weighted by Gasteiger charge is -2.03. The van der Waals surface area contributed by atoms with Gasteiger partial charge in [0.2, 0.25) is 0 Å². The van der Waals surface area contributed by atoms with Crippen LogP contribution in [0.25, 0.3) is 0 Å². The summed E-state index contributed by atoms with van der Waals surface area (Å²) in [5, 5.41) is 9.64. The monoisotopic (exact) mass is 312 g/mol. The molecule has 1 unspecified atom stereocenters. The summed E-state index contributed by atoms with van der Waals surface area (Å²) >= 11 is 0. The highest BCUT2D eigenvalue weighted by atomic mass is 16.3. The lowest BCUT2D eigenvalue weighted by atomic mass is 10.1. The van der Waals surface area contributed by atoms with Gasteiger partial charge in [-0.05, 0) is 19.3 Å². The Morgan fingerprint density at radius 3 is 1.64 bits per heavy atom. The van der Waals surface area contributed by atoms with Crippen LogP contribution < -0.4 is 0 Å². The first-order valence-electron chi connectivity index (χ1n) is 10.1. The number of allylic oxidation sites excluding steroid dienone is 1. The molecule has 0 aromatic carbocycles. The Balaban J connectivity index is 0. The van der Waals surface area contributed by atoms with Crippen LogP contribution in [-0.2, 0) is 0 Å². The van der Waals surface area contributed by atoms with Crippen LogP contribution in [0.2, 0.25) is 0 Å². The Kier molecular flexibility index (Phi) is 25.0. The third kappa shape index (κ3) is 24.7. The number of aliphatic hydroxyl groups excluding tert-OH is 1. The van der Waals surface area contributed by atoms with E-state index < -0.39 is 0 Å². The van der Waals surface area contributed by atoms with Crippen molar-refractivity contribution in [1.82, 2.24) is 0 Å². The van der Waals surface area contributed by atoms with Crippen molar-refractivity contribution in [2.24, 2.45) is 0 Å². The van der Waals surface area contributed by atoms with Crippen LogP contribution in [0.1, 0.15) is 118 Å². The molecule has 0 radical (unpaired) electrons. The van der Waals surface area contributed by atoms with E-state index in [1.54, 1.807) is 0 Å². The van der Waals surface area contributed by atoms with E-state index in [1.807, 2.05) is 6.08 Å². The van der Waals surface area contributed by atoms with Crippen LogP contribution in [0.3, 0.4) is 0 Å². The van der Waals surface area contributed by atoms with Crippen molar-refractivity contribution in [3.8, 4) is 0 Å². The molecule has 0 saturated carbocycles. The topological polar surface area (TPSA) is 20.2 Å². The maximum Gasteiger partial charge on any atom is 0.0720 e. The molecular formula is C21H44O. The van der Waals surface area contributed by atoms with Crippen molar-refractivity contribution in [3.05, 3.63) is 12.2 Å². The minimum atomic E-state index is -0.210. The molecule has 0 amide bonds. The second kappa shape index (κ2) is 23.0. The molecule has 0 aromatic rings. The summed E-state index contributed by atoms with van der Waals surface area (Å²) in [6.45, 7) is 8.69. The number of unbranched alkanes of at least 4 members (excludes halogenated alkanes) is 10. The number of rotatable bonds is 14. The second-order valence-corrected chi connectivity index (χ2v) is 6.46. The summed E-state index contributed by atoms with van der Waals surface area (Å²) in [6.07, 6.45) is 22.0. The smallest absolute Gasteiger partial charge is 0.0720 e. The fourth-order valence-corrected chi connectivity index (χ4v) is 2.34. The summed E-state index contributed by atoms with van der Waals surface area (Å²) in [7, 11) is 0. The summed E-state index contributed by atoms with van der Waals surface area (Å²) < 4.78 is 0. The number of hydrogen-bond acceptors (Lipinski definition) is 1. The van der Waals surface area contributed by atoms with Gasteiger partial charge in [0, 0.05) is 0 Å². The van der Waals surface area contributed by atoms with Crippen molar-refractivity contribution in [3.63, 3.8) is 0 Å². The zero-order valence-corrected chi connectivity index (χ0v) is 16.1. The van der Waals surface area contributed by atoms with Gasteiger partial charge in [0.05, 0.1) is 6.10 Å². The normalized spacial score (nSPS) is 12.2. The zero-order valence-electron chi connectivity index (χ0n) is 16.1. The lowest BCUT2D eigenvalue weighted by molar-refractivity contribution is 0.209. The van der Waals surface area contributed by atoms with Gasteiger partial charge >= 0.3 is 0 Å². The van der Waals surface area contributed by atoms with Crippen LogP contribution in [0, 0.1) is 0 Å². The lowest BCUT2D eigenvalue weighted by Crippen LogP contribution is -2.00. The standard InChI is InChI=1S/C18H36O.C3H8/c1-3-5-7-8-9-10-11-12-13-14-15-17-18(19)16-6-4-2;1-3-2/h15,17-19H,3-14,16H2,1-2H3;3H2,1-2H3. The number of aliphatic hydroxyl groups is 1. The molecule has 1 atom stereocenters. The number of hydrogen-bond donors (Lipinski definition) is 1. The van der Waals surface area contributed by atoms with Crippen LogP contribution in [0.4, 0.5) is 0 Å². The molecule has 0 aliphatic rings. The van der Waals surface area contributed by atoms with Crippen molar-refractivity contribution in [2.75, 3.05) is 0 Å². The third-order valence-corrected chi connectivity index (χ3v) is 3.69. The molecule has 0 rings (SSSR count). The van der Waals surface area contributed by atoms with E-state index in [0.29, 0.717) is 0 Å².